The third kappa shape index (κ3) is 2.87. The molecule has 0 aromatic carbocycles. The van der Waals surface area contributed by atoms with Crippen molar-refractivity contribution in [3.63, 3.8) is 0 Å². The summed E-state index contributed by atoms with van der Waals surface area (Å²) in [5.41, 5.74) is 1.05. The number of anilines is 1. The van der Waals surface area contributed by atoms with Crippen LogP contribution in [0.25, 0.3) is 0 Å². The van der Waals surface area contributed by atoms with Gasteiger partial charge in [0.05, 0.1) is 11.8 Å². The SMILES string of the molecule is CCC1CCc2nc(NC(=O)c3ccc([N+](=O)[O-])o3)sc2C1. The molecule has 1 amide bonds. The maximum atomic E-state index is 12.0. The van der Waals surface area contributed by atoms with Crippen LogP contribution in [0, 0.1) is 16.0 Å². The molecule has 2 heterocycles. The van der Waals surface area contributed by atoms with Crippen molar-refractivity contribution in [1.82, 2.24) is 4.98 Å². The van der Waals surface area contributed by atoms with Gasteiger partial charge in [-0.15, -0.1) is 11.3 Å². The molecular weight excluding hydrogens is 306 g/mol. The number of hydrogen-bond donors (Lipinski definition) is 1. The van der Waals surface area contributed by atoms with Gasteiger partial charge in [-0.1, -0.05) is 13.3 Å². The summed E-state index contributed by atoms with van der Waals surface area (Å²) in [6.45, 7) is 2.18. The van der Waals surface area contributed by atoms with E-state index in [0.717, 1.165) is 37.4 Å². The Morgan fingerprint density at radius 1 is 1.59 bits per heavy atom. The van der Waals surface area contributed by atoms with Crippen LogP contribution in [0.4, 0.5) is 11.0 Å². The van der Waals surface area contributed by atoms with Crippen molar-refractivity contribution in [2.75, 3.05) is 5.32 Å². The van der Waals surface area contributed by atoms with Crippen LogP contribution in [-0.4, -0.2) is 15.8 Å². The number of hydrogen-bond acceptors (Lipinski definition) is 6. The van der Waals surface area contributed by atoms with Crippen molar-refractivity contribution in [2.45, 2.75) is 32.6 Å². The minimum absolute atomic E-state index is 0.0914. The smallest absolute Gasteiger partial charge is 0.395 e. The first kappa shape index (κ1) is 14.7. The molecule has 1 atom stereocenters. The summed E-state index contributed by atoms with van der Waals surface area (Å²) in [7, 11) is 0. The molecule has 1 N–H and O–H groups in total. The highest BCUT2D eigenvalue weighted by molar-refractivity contribution is 7.15. The molecule has 1 aliphatic carbocycles. The van der Waals surface area contributed by atoms with Crippen molar-refractivity contribution in [3.8, 4) is 0 Å². The third-order valence-electron chi connectivity index (χ3n) is 3.84. The number of amides is 1. The number of nitro groups is 1. The first-order valence-electron chi connectivity index (χ1n) is 7.11. The lowest BCUT2D eigenvalue weighted by Gasteiger charge is -2.18. The van der Waals surface area contributed by atoms with Gasteiger partial charge in [0, 0.05) is 4.88 Å². The molecule has 8 heteroatoms. The summed E-state index contributed by atoms with van der Waals surface area (Å²) >= 11 is 1.47. The van der Waals surface area contributed by atoms with Gasteiger partial charge in [0.15, 0.2) is 10.9 Å². The second-order valence-corrected chi connectivity index (χ2v) is 6.34. The highest BCUT2D eigenvalue weighted by Crippen LogP contribution is 2.33. The van der Waals surface area contributed by atoms with E-state index in [0.29, 0.717) is 11.0 Å². The van der Waals surface area contributed by atoms with Crippen molar-refractivity contribution < 1.29 is 14.1 Å². The average molecular weight is 321 g/mol. The highest BCUT2D eigenvalue weighted by atomic mass is 32.1. The van der Waals surface area contributed by atoms with Crippen LogP contribution >= 0.6 is 11.3 Å². The predicted molar refractivity (Wildman–Crippen MR) is 81.2 cm³/mol. The van der Waals surface area contributed by atoms with E-state index in [1.165, 1.54) is 22.3 Å². The molecule has 0 aliphatic heterocycles. The Bertz CT molecular complexity index is 721. The van der Waals surface area contributed by atoms with E-state index >= 15 is 0 Å². The number of thiazole rings is 1. The first-order chi connectivity index (χ1) is 10.6. The van der Waals surface area contributed by atoms with Crippen LogP contribution in [0.1, 0.15) is 40.9 Å². The molecule has 2 aromatic heterocycles. The molecule has 0 spiro atoms. The summed E-state index contributed by atoms with van der Waals surface area (Å²) in [6, 6.07) is 2.45. The standard InChI is InChI=1S/C14H15N3O4S/c1-2-8-3-4-9-11(7-8)22-14(15-9)16-13(18)10-5-6-12(21-10)17(19)20/h5-6,8H,2-4,7H2,1H3,(H,15,16,18). The lowest BCUT2D eigenvalue weighted by molar-refractivity contribution is -0.402. The number of carbonyl (C=O) groups is 1. The van der Waals surface area contributed by atoms with E-state index in [-0.39, 0.29) is 5.76 Å². The summed E-state index contributed by atoms with van der Waals surface area (Å²) < 4.78 is 4.88. The van der Waals surface area contributed by atoms with E-state index in [1.54, 1.807) is 0 Å². The van der Waals surface area contributed by atoms with Gasteiger partial charge in [0.2, 0.25) is 0 Å². The summed E-state index contributed by atoms with van der Waals surface area (Å²) in [5, 5.41) is 13.7. The lowest BCUT2D eigenvalue weighted by atomic mass is 9.89. The molecule has 1 aliphatic rings. The lowest BCUT2D eigenvalue weighted by Crippen LogP contribution is -2.12. The number of aryl methyl sites for hydroxylation is 1. The molecule has 2 aromatic rings. The average Bonchev–Trinajstić information content (AvgIpc) is 3.12. The fraction of sp³-hybridized carbons (Fsp3) is 0.429. The Labute approximate surface area is 130 Å². The third-order valence-corrected chi connectivity index (χ3v) is 4.87. The predicted octanol–water partition coefficient (Wildman–Crippen LogP) is 3.41. The minimum Gasteiger partial charge on any atom is -0.395 e. The molecule has 116 valence electrons. The van der Waals surface area contributed by atoms with Crippen molar-refractivity contribution in [2.24, 2.45) is 5.92 Å². The fourth-order valence-corrected chi connectivity index (χ4v) is 3.67. The van der Waals surface area contributed by atoms with Crippen LogP contribution in [0.15, 0.2) is 16.5 Å². The maximum Gasteiger partial charge on any atom is 0.433 e. The zero-order valence-electron chi connectivity index (χ0n) is 12.0. The van der Waals surface area contributed by atoms with Gasteiger partial charge in [0.1, 0.15) is 4.92 Å². The Kier molecular flexibility index (Phi) is 3.93. The van der Waals surface area contributed by atoms with Gasteiger partial charge >= 0.3 is 5.88 Å². The molecule has 22 heavy (non-hydrogen) atoms. The monoisotopic (exact) mass is 321 g/mol. The van der Waals surface area contributed by atoms with Gasteiger partial charge in [-0.05, 0) is 31.2 Å². The Morgan fingerprint density at radius 3 is 3.09 bits per heavy atom. The zero-order chi connectivity index (χ0) is 15.7. The van der Waals surface area contributed by atoms with E-state index in [9.17, 15) is 14.9 Å². The van der Waals surface area contributed by atoms with E-state index in [4.69, 9.17) is 4.42 Å². The second kappa shape index (κ2) is 5.88. The zero-order valence-corrected chi connectivity index (χ0v) is 12.8. The molecular formula is C14H15N3O4S. The number of nitrogens with zero attached hydrogens (tertiary/aromatic N) is 2. The number of fused-ring (bicyclic) bond motifs is 1. The van der Waals surface area contributed by atoms with Crippen LogP contribution in [-0.2, 0) is 12.8 Å². The molecule has 1 unspecified atom stereocenters. The number of carbonyl (C=O) groups excluding carboxylic acids is 1. The number of furan rings is 1. The van der Waals surface area contributed by atoms with E-state index in [2.05, 4.69) is 17.2 Å². The van der Waals surface area contributed by atoms with E-state index in [1.807, 2.05) is 0 Å². The normalized spacial score (nSPS) is 17.0. The first-order valence-corrected chi connectivity index (χ1v) is 7.92. The van der Waals surface area contributed by atoms with Crippen LogP contribution < -0.4 is 5.32 Å². The molecule has 0 saturated carbocycles. The van der Waals surface area contributed by atoms with Crippen molar-refractivity contribution >= 4 is 28.3 Å². The van der Waals surface area contributed by atoms with Crippen LogP contribution in [0.2, 0.25) is 0 Å². The number of aromatic nitrogens is 1. The Hall–Kier alpha value is -2.22. The summed E-state index contributed by atoms with van der Waals surface area (Å²) in [6.07, 6.45) is 4.22. The topological polar surface area (TPSA) is 98.3 Å². The highest BCUT2D eigenvalue weighted by Gasteiger charge is 2.23. The second-order valence-electron chi connectivity index (χ2n) is 5.26. The summed E-state index contributed by atoms with van der Waals surface area (Å²) in [4.78, 5) is 27.6. The summed E-state index contributed by atoms with van der Waals surface area (Å²) in [5.74, 6) is -0.379. The Balaban J connectivity index is 1.72. The largest absolute Gasteiger partial charge is 0.433 e. The van der Waals surface area contributed by atoms with Crippen LogP contribution in [0.3, 0.4) is 0 Å². The van der Waals surface area contributed by atoms with Gasteiger partial charge < -0.3 is 4.42 Å². The quantitative estimate of drug-likeness (QED) is 0.687. The molecule has 0 bridgehead atoms. The van der Waals surface area contributed by atoms with Gasteiger partial charge in [-0.3, -0.25) is 20.2 Å². The van der Waals surface area contributed by atoms with Crippen LogP contribution in [0.5, 0.6) is 0 Å². The maximum absolute atomic E-state index is 12.0. The Morgan fingerprint density at radius 2 is 2.41 bits per heavy atom. The van der Waals surface area contributed by atoms with E-state index < -0.39 is 16.7 Å². The number of nitrogens with one attached hydrogen (secondary N) is 1. The molecule has 0 saturated heterocycles. The van der Waals surface area contributed by atoms with Gasteiger partial charge in [-0.2, -0.15) is 0 Å². The number of rotatable bonds is 4. The van der Waals surface area contributed by atoms with Crippen molar-refractivity contribution in [1.29, 1.82) is 0 Å². The molecule has 0 fully saturated rings. The molecule has 7 nitrogen and oxygen atoms in total. The van der Waals surface area contributed by atoms with Gasteiger partial charge in [-0.25, -0.2) is 4.98 Å². The molecule has 3 rings (SSSR count). The fourth-order valence-electron chi connectivity index (χ4n) is 2.55. The van der Waals surface area contributed by atoms with Crippen molar-refractivity contribution in [3.05, 3.63) is 38.6 Å². The molecule has 0 radical (unpaired) electrons. The van der Waals surface area contributed by atoms with Gasteiger partial charge in [0.25, 0.3) is 5.91 Å². The minimum atomic E-state index is -0.677.